The molecule has 18 heavy (non-hydrogen) atoms. The van der Waals surface area contributed by atoms with Crippen LogP contribution >= 0.6 is 23.7 Å². The lowest BCUT2D eigenvalue weighted by atomic mass is 10.2. The molecule has 1 saturated heterocycles. The minimum absolute atomic E-state index is 0. The third-order valence-corrected chi connectivity index (χ3v) is 3.56. The number of carbonyl (C=O) groups excluding carboxylic acids is 1. The molecule has 2 N–H and O–H groups in total. The number of hydrogen-bond donors (Lipinski definition) is 2. The molecule has 7 heteroatoms. The molecule has 1 aliphatic rings. The highest BCUT2D eigenvalue weighted by atomic mass is 35.5. The maximum absolute atomic E-state index is 11.8. The topological polar surface area (TPSA) is 57.3 Å². The largest absolute Gasteiger partial charge is 0.312 e. The van der Waals surface area contributed by atoms with E-state index in [0.717, 1.165) is 25.3 Å². The first-order valence-corrected chi connectivity index (χ1v) is 6.69. The lowest BCUT2D eigenvalue weighted by Gasteiger charge is -2.31. The molecule has 5 nitrogen and oxygen atoms in total. The Morgan fingerprint density at radius 2 is 2.50 bits per heavy atom. The summed E-state index contributed by atoms with van der Waals surface area (Å²) in [5, 5.41) is 8.81. The number of halogens is 1. The normalized spacial score (nSPS) is 20.2. The predicted molar refractivity (Wildman–Crippen MR) is 76.6 cm³/mol. The summed E-state index contributed by atoms with van der Waals surface area (Å²) in [6, 6.07) is 0.457. The van der Waals surface area contributed by atoms with E-state index in [0.29, 0.717) is 17.7 Å². The Hall–Kier alpha value is -0.690. The molecule has 1 amide bonds. The molecular weight excluding hydrogens is 272 g/mol. The van der Waals surface area contributed by atoms with Gasteiger partial charge in [0.1, 0.15) is 0 Å². The van der Waals surface area contributed by atoms with Gasteiger partial charge in [-0.3, -0.25) is 9.69 Å². The van der Waals surface area contributed by atoms with Crippen molar-refractivity contribution >= 4 is 34.8 Å². The number of nitrogens with one attached hydrogen (secondary N) is 2. The number of thiazole rings is 1. The van der Waals surface area contributed by atoms with Crippen LogP contribution in [0.25, 0.3) is 0 Å². The van der Waals surface area contributed by atoms with E-state index in [1.165, 1.54) is 11.3 Å². The van der Waals surface area contributed by atoms with Gasteiger partial charge < -0.3 is 10.6 Å². The Bertz CT molecular complexity index is 398. The van der Waals surface area contributed by atoms with Crippen molar-refractivity contribution in [2.45, 2.75) is 19.9 Å². The number of anilines is 1. The Labute approximate surface area is 117 Å². The minimum atomic E-state index is 0. The van der Waals surface area contributed by atoms with Gasteiger partial charge in [0.15, 0.2) is 5.13 Å². The van der Waals surface area contributed by atoms with Gasteiger partial charge in [0.05, 0.1) is 12.2 Å². The van der Waals surface area contributed by atoms with Gasteiger partial charge in [-0.15, -0.1) is 23.7 Å². The average molecular weight is 291 g/mol. The van der Waals surface area contributed by atoms with Crippen molar-refractivity contribution in [2.75, 3.05) is 31.5 Å². The Balaban J connectivity index is 0.00000162. The number of carbonyl (C=O) groups is 1. The SMILES string of the molecule is Cc1csc(NC(=O)CN2CCNC(C)C2)n1.Cl. The number of piperazine rings is 1. The molecular formula is C11H19ClN4OS. The zero-order valence-corrected chi connectivity index (χ0v) is 12.2. The highest BCUT2D eigenvalue weighted by molar-refractivity contribution is 7.13. The molecule has 1 unspecified atom stereocenters. The quantitative estimate of drug-likeness (QED) is 0.875. The monoisotopic (exact) mass is 290 g/mol. The third-order valence-electron chi connectivity index (χ3n) is 2.69. The van der Waals surface area contributed by atoms with Gasteiger partial charge in [-0.2, -0.15) is 0 Å². The number of hydrogen-bond acceptors (Lipinski definition) is 5. The van der Waals surface area contributed by atoms with Crippen molar-refractivity contribution in [3.05, 3.63) is 11.1 Å². The van der Waals surface area contributed by atoms with Crippen LogP contribution in [0.5, 0.6) is 0 Å². The highest BCUT2D eigenvalue weighted by Gasteiger charge is 2.18. The maximum Gasteiger partial charge on any atom is 0.240 e. The van der Waals surface area contributed by atoms with E-state index < -0.39 is 0 Å². The van der Waals surface area contributed by atoms with E-state index in [-0.39, 0.29) is 18.3 Å². The molecule has 1 aromatic rings. The molecule has 1 fully saturated rings. The Kier molecular flexibility index (Phi) is 6.01. The highest BCUT2D eigenvalue weighted by Crippen LogP contribution is 2.14. The molecule has 0 aliphatic carbocycles. The Morgan fingerprint density at radius 3 is 3.11 bits per heavy atom. The number of amides is 1. The van der Waals surface area contributed by atoms with Crippen molar-refractivity contribution in [1.29, 1.82) is 0 Å². The van der Waals surface area contributed by atoms with E-state index in [9.17, 15) is 4.79 Å². The molecule has 102 valence electrons. The zero-order chi connectivity index (χ0) is 12.3. The first kappa shape index (κ1) is 15.4. The van der Waals surface area contributed by atoms with Crippen LogP contribution in [0, 0.1) is 6.92 Å². The fourth-order valence-electron chi connectivity index (χ4n) is 1.93. The number of nitrogens with zero attached hydrogens (tertiary/aromatic N) is 2. The number of rotatable bonds is 3. The standard InChI is InChI=1S/C11H18N4OS.ClH/c1-8-5-15(4-3-12-8)6-10(16)14-11-13-9(2)7-17-11;/h7-8,12H,3-6H2,1-2H3,(H,13,14,16);1H. The second-order valence-electron chi connectivity index (χ2n) is 4.43. The summed E-state index contributed by atoms with van der Waals surface area (Å²) in [6.45, 7) is 7.30. The molecule has 0 radical (unpaired) electrons. The first-order chi connectivity index (χ1) is 8.13. The van der Waals surface area contributed by atoms with E-state index in [4.69, 9.17) is 0 Å². The van der Waals surface area contributed by atoms with Gasteiger partial charge >= 0.3 is 0 Å². The first-order valence-electron chi connectivity index (χ1n) is 5.81. The lowest BCUT2D eigenvalue weighted by molar-refractivity contribution is -0.117. The summed E-state index contributed by atoms with van der Waals surface area (Å²) in [5.74, 6) is 0.0217. The Morgan fingerprint density at radius 1 is 1.72 bits per heavy atom. The second kappa shape index (κ2) is 7.04. The molecule has 2 heterocycles. The van der Waals surface area contributed by atoms with Gasteiger partial charge in [0.2, 0.25) is 5.91 Å². The van der Waals surface area contributed by atoms with Crippen molar-refractivity contribution in [1.82, 2.24) is 15.2 Å². The summed E-state index contributed by atoms with van der Waals surface area (Å²) < 4.78 is 0. The van der Waals surface area contributed by atoms with E-state index >= 15 is 0 Å². The van der Waals surface area contributed by atoms with Crippen molar-refractivity contribution in [3.63, 3.8) is 0 Å². The summed E-state index contributed by atoms with van der Waals surface area (Å²) in [6.07, 6.45) is 0. The maximum atomic E-state index is 11.8. The minimum Gasteiger partial charge on any atom is -0.312 e. The third kappa shape index (κ3) is 4.53. The molecule has 0 aromatic carbocycles. The van der Waals surface area contributed by atoms with Crippen molar-refractivity contribution < 1.29 is 4.79 Å². The van der Waals surface area contributed by atoms with Crippen LogP contribution in [0.15, 0.2) is 5.38 Å². The molecule has 0 bridgehead atoms. The smallest absolute Gasteiger partial charge is 0.240 e. The number of aromatic nitrogens is 1. The average Bonchev–Trinajstić information content (AvgIpc) is 2.63. The molecule has 1 atom stereocenters. The van der Waals surface area contributed by atoms with E-state index in [1.807, 2.05) is 12.3 Å². The van der Waals surface area contributed by atoms with Crippen LogP contribution in [-0.4, -0.2) is 48.0 Å². The second-order valence-corrected chi connectivity index (χ2v) is 5.29. The van der Waals surface area contributed by atoms with E-state index in [2.05, 4.69) is 27.4 Å². The van der Waals surface area contributed by atoms with Crippen molar-refractivity contribution in [3.8, 4) is 0 Å². The fraction of sp³-hybridized carbons (Fsp3) is 0.636. The van der Waals surface area contributed by atoms with Crippen LogP contribution < -0.4 is 10.6 Å². The van der Waals surface area contributed by atoms with Gasteiger partial charge in [-0.1, -0.05) is 0 Å². The molecule has 2 rings (SSSR count). The number of aryl methyl sites for hydroxylation is 1. The lowest BCUT2D eigenvalue weighted by Crippen LogP contribution is -2.51. The zero-order valence-electron chi connectivity index (χ0n) is 10.6. The summed E-state index contributed by atoms with van der Waals surface area (Å²) in [7, 11) is 0. The van der Waals surface area contributed by atoms with Crippen LogP contribution in [-0.2, 0) is 4.79 Å². The van der Waals surface area contributed by atoms with Crippen LogP contribution in [0.2, 0.25) is 0 Å². The van der Waals surface area contributed by atoms with Gasteiger partial charge in [-0.25, -0.2) is 4.98 Å². The fourth-order valence-corrected chi connectivity index (χ4v) is 2.63. The van der Waals surface area contributed by atoms with Crippen LogP contribution in [0.1, 0.15) is 12.6 Å². The van der Waals surface area contributed by atoms with Crippen LogP contribution in [0.3, 0.4) is 0 Å². The van der Waals surface area contributed by atoms with E-state index in [1.54, 1.807) is 0 Å². The van der Waals surface area contributed by atoms with Crippen LogP contribution in [0.4, 0.5) is 5.13 Å². The molecule has 1 aliphatic heterocycles. The molecule has 1 aromatic heterocycles. The van der Waals surface area contributed by atoms with Gasteiger partial charge in [0, 0.05) is 31.1 Å². The molecule has 0 spiro atoms. The van der Waals surface area contributed by atoms with Crippen molar-refractivity contribution in [2.24, 2.45) is 0 Å². The predicted octanol–water partition coefficient (Wildman–Crippen LogP) is 1.11. The van der Waals surface area contributed by atoms with Gasteiger partial charge in [0.25, 0.3) is 0 Å². The summed E-state index contributed by atoms with van der Waals surface area (Å²) >= 11 is 1.47. The summed E-state index contributed by atoms with van der Waals surface area (Å²) in [5.41, 5.74) is 0.945. The van der Waals surface area contributed by atoms with Gasteiger partial charge in [-0.05, 0) is 13.8 Å². The molecule has 0 saturated carbocycles. The summed E-state index contributed by atoms with van der Waals surface area (Å²) in [4.78, 5) is 18.2.